The van der Waals surface area contributed by atoms with Gasteiger partial charge in [0, 0.05) is 13.1 Å². The molecule has 1 fully saturated rings. The highest BCUT2D eigenvalue weighted by molar-refractivity contribution is 5.45. The van der Waals surface area contributed by atoms with E-state index in [-0.39, 0.29) is 0 Å². The third-order valence-corrected chi connectivity index (χ3v) is 2.22. The zero-order valence-corrected chi connectivity index (χ0v) is 7.44. The van der Waals surface area contributed by atoms with Crippen LogP contribution in [0.15, 0.2) is 0 Å². The van der Waals surface area contributed by atoms with Gasteiger partial charge in [-0.2, -0.15) is 5.01 Å². The molecule has 0 aliphatic carbocycles. The molecule has 1 saturated heterocycles. The van der Waals surface area contributed by atoms with E-state index in [0.29, 0.717) is 6.54 Å². The Morgan fingerprint density at radius 2 is 2.42 bits per heavy atom. The van der Waals surface area contributed by atoms with Gasteiger partial charge in [-0.3, -0.25) is 9.80 Å². The summed E-state index contributed by atoms with van der Waals surface area (Å²) in [5, 5.41) is 12.8. The first-order chi connectivity index (χ1) is 5.79. The maximum atomic E-state index is 10.6. The standard InChI is InChI=1S/C8H16N2O2/c1-2-9(7-11)10-6-4-3-5-8(10)12/h7-8,12H,2-6H2,1H3. The Balaban J connectivity index is 2.51. The molecule has 1 atom stereocenters. The van der Waals surface area contributed by atoms with Crippen molar-refractivity contribution in [3.8, 4) is 0 Å². The fourth-order valence-electron chi connectivity index (χ4n) is 1.52. The number of hydrogen-bond donors (Lipinski definition) is 1. The molecule has 0 spiro atoms. The van der Waals surface area contributed by atoms with Gasteiger partial charge >= 0.3 is 0 Å². The van der Waals surface area contributed by atoms with Crippen LogP contribution in [0.5, 0.6) is 0 Å². The van der Waals surface area contributed by atoms with Crippen LogP contribution in [0.25, 0.3) is 0 Å². The van der Waals surface area contributed by atoms with Gasteiger partial charge in [-0.15, -0.1) is 0 Å². The van der Waals surface area contributed by atoms with Crippen molar-refractivity contribution in [2.45, 2.75) is 32.4 Å². The summed E-state index contributed by atoms with van der Waals surface area (Å²) in [4.78, 5) is 10.6. The molecule has 0 bridgehead atoms. The van der Waals surface area contributed by atoms with Gasteiger partial charge < -0.3 is 5.11 Å². The van der Waals surface area contributed by atoms with Crippen LogP contribution in [-0.2, 0) is 4.79 Å². The van der Waals surface area contributed by atoms with E-state index in [1.807, 2.05) is 6.92 Å². The highest BCUT2D eigenvalue weighted by Gasteiger charge is 2.23. The fourth-order valence-corrected chi connectivity index (χ4v) is 1.52. The number of piperidine rings is 1. The second-order valence-electron chi connectivity index (χ2n) is 3.00. The SMILES string of the molecule is CCN(C=O)N1CCCCC1O. The van der Waals surface area contributed by atoms with E-state index in [0.717, 1.165) is 32.2 Å². The van der Waals surface area contributed by atoms with Crippen LogP contribution < -0.4 is 0 Å². The van der Waals surface area contributed by atoms with Gasteiger partial charge in [0.15, 0.2) is 0 Å². The average Bonchev–Trinajstić information content (AvgIpc) is 2.10. The highest BCUT2D eigenvalue weighted by Crippen LogP contribution is 2.15. The first-order valence-corrected chi connectivity index (χ1v) is 4.46. The van der Waals surface area contributed by atoms with Crippen molar-refractivity contribution in [1.82, 2.24) is 10.0 Å². The summed E-state index contributed by atoms with van der Waals surface area (Å²) in [5.74, 6) is 0. The number of carbonyl (C=O) groups is 1. The minimum absolute atomic E-state index is 0.469. The normalized spacial score (nSPS) is 25.3. The number of nitrogens with zero attached hydrogens (tertiary/aromatic N) is 2. The molecule has 0 aromatic carbocycles. The monoisotopic (exact) mass is 172 g/mol. The Labute approximate surface area is 72.7 Å². The summed E-state index contributed by atoms with van der Waals surface area (Å²) in [6, 6.07) is 0. The molecule has 1 aliphatic rings. The average molecular weight is 172 g/mol. The quantitative estimate of drug-likeness (QED) is 0.618. The van der Waals surface area contributed by atoms with E-state index in [1.165, 1.54) is 5.01 Å². The molecule has 4 heteroatoms. The lowest BCUT2D eigenvalue weighted by molar-refractivity contribution is -0.167. The molecule has 1 unspecified atom stereocenters. The van der Waals surface area contributed by atoms with E-state index in [2.05, 4.69) is 0 Å². The highest BCUT2D eigenvalue weighted by atomic mass is 16.3. The van der Waals surface area contributed by atoms with Gasteiger partial charge in [-0.1, -0.05) is 0 Å². The molecular formula is C8H16N2O2. The fraction of sp³-hybridized carbons (Fsp3) is 0.875. The van der Waals surface area contributed by atoms with Crippen molar-refractivity contribution >= 4 is 6.41 Å². The summed E-state index contributed by atoms with van der Waals surface area (Å²) in [5.41, 5.74) is 0. The minimum Gasteiger partial charge on any atom is -0.377 e. The van der Waals surface area contributed by atoms with E-state index in [9.17, 15) is 9.90 Å². The maximum Gasteiger partial charge on any atom is 0.224 e. The molecule has 0 radical (unpaired) electrons. The van der Waals surface area contributed by atoms with Crippen molar-refractivity contribution in [3.05, 3.63) is 0 Å². The second kappa shape index (κ2) is 4.42. The maximum absolute atomic E-state index is 10.6. The molecule has 70 valence electrons. The first-order valence-electron chi connectivity index (χ1n) is 4.46. The van der Waals surface area contributed by atoms with Gasteiger partial charge in [0.2, 0.25) is 6.41 Å². The lowest BCUT2D eigenvalue weighted by Crippen LogP contribution is -2.50. The van der Waals surface area contributed by atoms with Crippen LogP contribution in [0.1, 0.15) is 26.2 Å². The summed E-state index contributed by atoms with van der Waals surface area (Å²) in [7, 11) is 0. The summed E-state index contributed by atoms with van der Waals surface area (Å²) < 4.78 is 0. The summed E-state index contributed by atoms with van der Waals surface area (Å²) in [6.45, 7) is 3.31. The number of amides is 1. The molecule has 1 heterocycles. The third-order valence-electron chi connectivity index (χ3n) is 2.22. The van der Waals surface area contributed by atoms with Gasteiger partial charge in [0.25, 0.3) is 0 Å². The van der Waals surface area contributed by atoms with Crippen LogP contribution in [0.3, 0.4) is 0 Å². The third kappa shape index (κ3) is 1.95. The predicted octanol–water partition coefficient (Wildman–Crippen LogP) is 0.184. The van der Waals surface area contributed by atoms with E-state index in [1.54, 1.807) is 5.01 Å². The Bertz CT molecular complexity index is 152. The Kier molecular flexibility index (Phi) is 3.49. The topological polar surface area (TPSA) is 43.8 Å². The van der Waals surface area contributed by atoms with E-state index >= 15 is 0 Å². The largest absolute Gasteiger partial charge is 0.377 e. The number of hydrogen-bond acceptors (Lipinski definition) is 3. The van der Waals surface area contributed by atoms with Crippen LogP contribution in [0.4, 0.5) is 0 Å². The molecule has 12 heavy (non-hydrogen) atoms. The van der Waals surface area contributed by atoms with Crippen LogP contribution in [0.2, 0.25) is 0 Å². The number of aliphatic hydroxyl groups excluding tert-OH is 1. The predicted molar refractivity (Wildman–Crippen MR) is 45.0 cm³/mol. The Hall–Kier alpha value is -0.610. The van der Waals surface area contributed by atoms with Gasteiger partial charge in [-0.25, -0.2) is 0 Å². The molecule has 0 aromatic rings. The molecule has 1 amide bonds. The first kappa shape index (κ1) is 9.48. The van der Waals surface area contributed by atoms with Crippen LogP contribution in [0, 0.1) is 0 Å². The van der Waals surface area contributed by atoms with E-state index in [4.69, 9.17) is 0 Å². The van der Waals surface area contributed by atoms with Crippen molar-refractivity contribution in [3.63, 3.8) is 0 Å². The molecular weight excluding hydrogens is 156 g/mol. The van der Waals surface area contributed by atoms with Crippen molar-refractivity contribution < 1.29 is 9.90 Å². The molecule has 1 aliphatic heterocycles. The van der Waals surface area contributed by atoms with Crippen molar-refractivity contribution in [2.75, 3.05) is 13.1 Å². The lowest BCUT2D eigenvalue weighted by Gasteiger charge is -2.37. The number of hydrazine groups is 1. The van der Waals surface area contributed by atoms with Crippen LogP contribution in [-0.4, -0.2) is 40.9 Å². The van der Waals surface area contributed by atoms with Crippen molar-refractivity contribution in [1.29, 1.82) is 0 Å². The zero-order valence-electron chi connectivity index (χ0n) is 7.44. The second-order valence-corrected chi connectivity index (χ2v) is 3.00. The van der Waals surface area contributed by atoms with E-state index < -0.39 is 6.23 Å². The molecule has 0 saturated carbocycles. The summed E-state index contributed by atoms with van der Waals surface area (Å²) >= 11 is 0. The number of carbonyl (C=O) groups excluding carboxylic acids is 1. The molecule has 4 nitrogen and oxygen atoms in total. The van der Waals surface area contributed by atoms with Gasteiger partial charge in [0.1, 0.15) is 6.23 Å². The number of rotatable bonds is 3. The van der Waals surface area contributed by atoms with Gasteiger partial charge in [-0.05, 0) is 26.2 Å². The molecule has 1 N–H and O–H groups in total. The molecule has 1 rings (SSSR count). The molecule has 0 aromatic heterocycles. The smallest absolute Gasteiger partial charge is 0.224 e. The zero-order chi connectivity index (χ0) is 8.97. The summed E-state index contributed by atoms with van der Waals surface area (Å²) in [6.07, 6.45) is 3.18. The van der Waals surface area contributed by atoms with Crippen LogP contribution >= 0.6 is 0 Å². The lowest BCUT2D eigenvalue weighted by atomic mass is 10.1. The van der Waals surface area contributed by atoms with Crippen molar-refractivity contribution in [2.24, 2.45) is 0 Å². The Morgan fingerprint density at radius 3 is 2.92 bits per heavy atom. The van der Waals surface area contributed by atoms with Gasteiger partial charge in [0.05, 0.1) is 0 Å². The number of aliphatic hydroxyl groups is 1. The minimum atomic E-state index is -0.469. The Morgan fingerprint density at radius 1 is 1.67 bits per heavy atom.